The molecule has 1 heterocycles. The first-order chi connectivity index (χ1) is 12.3. The van der Waals surface area contributed by atoms with E-state index >= 15 is 0 Å². The van der Waals surface area contributed by atoms with E-state index in [1.165, 1.54) is 18.2 Å². The van der Waals surface area contributed by atoms with Crippen LogP contribution < -0.4 is 0 Å². The summed E-state index contributed by atoms with van der Waals surface area (Å²) in [6, 6.07) is 6.00. The molecule has 9 nitrogen and oxygen atoms in total. The lowest BCUT2D eigenvalue weighted by molar-refractivity contribution is -0.292. The van der Waals surface area contributed by atoms with Gasteiger partial charge in [0.25, 0.3) is 0 Å². The number of aliphatic hydroxyl groups is 3. The summed E-state index contributed by atoms with van der Waals surface area (Å²) < 4.78 is 15.0. The molecule has 0 spiro atoms. The minimum absolute atomic E-state index is 0.0730. The maximum absolute atomic E-state index is 12.0. The Bertz CT molecular complexity index is 655. The van der Waals surface area contributed by atoms with E-state index < -0.39 is 49.3 Å². The fraction of sp³-hybridized carbons (Fsp3) is 0.412. The SMILES string of the molecule is CC(=O)O[C@@H]1[C@H](O)[C@H](CO)O[C@H](O)[C@@H]1OC(=O)/C=C/c1ccc(O)cc1. The van der Waals surface area contributed by atoms with Gasteiger partial charge in [-0.25, -0.2) is 4.79 Å². The highest BCUT2D eigenvalue weighted by Crippen LogP contribution is 2.25. The van der Waals surface area contributed by atoms with E-state index in [1.807, 2.05) is 0 Å². The topological polar surface area (TPSA) is 143 Å². The number of carbonyl (C=O) groups is 2. The number of hydrogen-bond donors (Lipinski definition) is 4. The van der Waals surface area contributed by atoms with E-state index in [0.717, 1.165) is 13.0 Å². The number of rotatable bonds is 5. The Labute approximate surface area is 149 Å². The van der Waals surface area contributed by atoms with Gasteiger partial charge in [0.15, 0.2) is 18.5 Å². The van der Waals surface area contributed by atoms with Gasteiger partial charge in [-0.15, -0.1) is 0 Å². The van der Waals surface area contributed by atoms with Crippen LogP contribution in [0.5, 0.6) is 5.75 Å². The summed E-state index contributed by atoms with van der Waals surface area (Å²) in [7, 11) is 0. The zero-order valence-electron chi connectivity index (χ0n) is 13.9. The molecule has 0 amide bonds. The second kappa shape index (κ2) is 8.77. The van der Waals surface area contributed by atoms with Crippen molar-refractivity contribution in [3.63, 3.8) is 0 Å². The Balaban J connectivity index is 2.09. The lowest BCUT2D eigenvalue weighted by Crippen LogP contribution is -2.61. The number of hydrogen-bond acceptors (Lipinski definition) is 9. The molecule has 0 aromatic heterocycles. The Morgan fingerprint density at radius 2 is 1.81 bits per heavy atom. The van der Waals surface area contributed by atoms with Gasteiger partial charge in [-0.2, -0.15) is 0 Å². The van der Waals surface area contributed by atoms with Gasteiger partial charge < -0.3 is 34.6 Å². The molecule has 1 aromatic rings. The van der Waals surface area contributed by atoms with E-state index in [9.17, 15) is 24.9 Å². The number of esters is 2. The van der Waals surface area contributed by atoms with Crippen LogP contribution in [0.1, 0.15) is 12.5 Å². The molecule has 142 valence electrons. The maximum Gasteiger partial charge on any atom is 0.331 e. The molecule has 0 unspecified atom stereocenters. The van der Waals surface area contributed by atoms with Crippen LogP contribution in [-0.4, -0.2) is 69.7 Å². The molecule has 0 saturated carbocycles. The number of phenols is 1. The zero-order valence-corrected chi connectivity index (χ0v) is 13.9. The van der Waals surface area contributed by atoms with Crippen molar-refractivity contribution in [2.45, 2.75) is 37.6 Å². The van der Waals surface area contributed by atoms with Crippen molar-refractivity contribution < 1.29 is 44.2 Å². The molecule has 9 heteroatoms. The van der Waals surface area contributed by atoms with E-state index in [1.54, 1.807) is 12.1 Å². The first kappa shape index (κ1) is 19.9. The van der Waals surface area contributed by atoms with Crippen molar-refractivity contribution in [3.05, 3.63) is 35.9 Å². The Morgan fingerprint density at radius 3 is 2.38 bits per heavy atom. The molecule has 1 aliphatic heterocycles. The number of ether oxygens (including phenoxy) is 3. The van der Waals surface area contributed by atoms with Crippen LogP contribution in [0.4, 0.5) is 0 Å². The third-order valence-corrected chi connectivity index (χ3v) is 3.68. The molecule has 4 N–H and O–H groups in total. The van der Waals surface area contributed by atoms with Crippen LogP contribution in [0.15, 0.2) is 30.3 Å². The minimum Gasteiger partial charge on any atom is -0.508 e. The highest BCUT2D eigenvalue weighted by atomic mass is 16.7. The minimum atomic E-state index is -1.70. The standard InChI is InChI=1S/C17H20O9/c1-9(19)24-15-14(22)12(8-18)25-17(23)16(15)26-13(21)7-4-10-2-5-11(20)6-3-10/h2-7,12,14-18,20,22-23H,8H2,1H3/b7-4+/t12-,14+,15+,16+,17-/m0/s1. The summed E-state index contributed by atoms with van der Waals surface area (Å²) >= 11 is 0. The van der Waals surface area contributed by atoms with Crippen molar-refractivity contribution >= 4 is 18.0 Å². The van der Waals surface area contributed by atoms with Crippen LogP contribution in [0.3, 0.4) is 0 Å². The molecule has 1 fully saturated rings. The number of aliphatic hydroxyl groups excluding tert-OH is 3. The normalized spacial score (nSPS) is 28.7. The van der Waals surface area contributed by atoms with E-state index in [0.29, 0.717) is 5.56 Å². The summed E-state index contributed by atoms with van der Waals surface area (Å²) in [6.07, 6.45) is -4.80. The summed E-state index contributed by atoms with van der Waals surface area (Å²) in [5, 5.41) is 38.4. The van der Waals surface area contributed by atoms with Crippen molar-refractivity contribution in [2.24, 2.45) is 0 Å². The van der Waals surface area contributed by atoms with Crippen molar-refractivity contribution in [1.29, 1.82) is 0 Å². The molecular formula is C17H20O9. The quantitative estimate of drug-likeness (QED) is 0.392. The number of phenolic OH excluding ortho intramolecular Hbond substituents is 1. The molecule has 0 radical (unpaired) electrons. The second-order valence-electron chi connectivity index (χ2n) is 5.64. The van der Waals surface area contributed by atoms with Crippen LogP contribution in [-0.2, 0) is 23.8 Å². The second-order valence-corrected chi connectivity index (χ2v) is 5.64. The predicted octanol–water partition coefficient (Wildman–Crippen LogP) is -0.681. The van der Waals surface area contributed by atoms with Crippen molar-refractivity contribution in [1.82, 2.24) is 0 Å². The first-order valence-electron chi connectivity index (χ1n) is 7.79. The third kappa shape index (κ3) is 5.02. The molecule has 1 saturated heterocycles. The van der Waals surface area contributed by atoms with Crippen molar-refractivity contribution in [2.75, 3.05) is 6.61 Å². The molecule has 0 bridgehead atoms. The van der Waals surface area contributed by atoms with Gasteiger partial charge in [0.2, 0.25) is 0 Å². The predicted molar refractivity (Wildman–Crippen MR) is 86.5 cm³/mol. The van der Waals surface area contributed by atoms with Gasteiger partial charge >= 0.3 is 11.9 Å². The summed E-state index contributed by atoms with van der Waals surface area (Å²) in [5.41, 5.74) is 0.608. The van der Waals surface area contributed by atoms with E-state index in [-0.39, 0.29) is 5.75 Å². The van der Waals surface area contributed by atoms with Gasteiger partial charge in [0, 0.05) is 13.0 Å². The van der Waals surface area contributed by atoms with Gasteiger partial charge in [-0.05, 0) is 23.8 Å². The van der Waals surface area contributed by atoms with E-state index in [4.69, 9.17) is 19.3 Å². The van der Waals surface area contributed by atoms with Crippen molar-refractivity contribution in [3.8, 4) is 5.75 Å². The third-order valence-electron chi connectivity index (χ3n) is 3.68. The van der Waals surface area contributed by atoms with E-state index in [2.05, 4.69) is 0 Å². The largest absolute Gasteiger partial charge is 0.508 e. The lowest BCUT2D eigenvalue weighted by Gasteiger charge is -2.40. The Morgan fingerprint density at radius 1 is 1.15 bits per heavy atom. The molecular weight excluding hydrogens is 348 g/mol. The highest BCUT2D eigenvalue weighted by Gasteiger charge is 2.48. The molecule has 2 rings (SSSR count). The lowest BCUT2D eigenvalue weighted by atomic mass is 9.99. The van der Waals surface area contributed by atoms with Gasteiger partial charge in [0.05, 0.1) is 6.61 Å². The number of carbonyl (C=O) groups excluding carboxylic acids is 2. The van der Waals surface area contributed by atoms with Gasteiger partial charge in [0.1, 0.15) is 18.0 Å². The van der Waals surface area contributed by atoms with Crippen LogP contribution in [0.2, 0.25) is 0 Å². The molecule has 1 aliphatic rings. The van der Waals surface area contributed by atoms with Crippen LogP contribution in [0.25, 0.3) is 6.08 Å². The first-order valence-corrected chi connectivity index (χ1v) is 7.79. The fourth-order valence-corrected chi connectivity index (χ4v) is 2.43. The summed E-state index contributed by atoms with van der Waals surface area (Å²) in [6.45, 7) is 0.462. The molecule has 0 aliphatic carbocycles. The average molecular weight is 368 g/mol. The summed E-state index contributed by atoms with van der Waals surface area (Å²) in [5.74, 6) is -1.57. The molecule has 1 aromatic carbocycles. The van der Waals surface area contributed by atoms with Gasteiger partial charge in [-0.3, -0.25) is 4.79 Å². The fourth-order valence-electron chi connectivity index (χ4n) is 2.43. The van der Waals surface area contributed by atoms with Crippen LogP contribution in [0, 0.1) is 0 Å². The highest BCUT2D eigenvalue weighted by molar-refractivity contribution is 5.87. The molecule has 26 heavy (non-hydrogen) atoms. The smallest absolute Gasteiger partial charge is 0.331 e. The van der Waals surface area contributed by atoms with Crippen LogP contribution >= 0.6 is 0 Å². The summed E-state index contributed by atoms with van der Waals surface area (Å²) in [4.78, 5) is 23.2. The molecule has 5 atom stereocenters. The van der Waals surface area contributed by atoms with Gasteiger partial charge in [-0.1, -0.05) is 12.1 Å². The monoisotopic (exact) mass is 368 g/mol. The maximum atomic E-state index is 12.0. The number of aromatic hydroxyl groups is 1. The number of benzene rings is 1. The zero-order chi connectivity index (χ0) is 19.3. The Kier molecular flexibility index (Phi) is 6.70. The average Bonchev–Trinajstić information content (AvgIpc) is 2.60. The Hall–Kier alpha value is -2.46.